The molecule has 2 rings (SSSR count). The van der Waals surface area contributed by atoms with E-state index >= 15 is 0 Å². The number of hydrogen-bond donors (Lipinski definition) is 3. The Labute approximate surface area is 117 Å². The molecule has 1 aliphatic heterocycles. The predicted octanol–water partition coefficient (Wildman–Crippen LogP) is -0.518. The van der Waals surface area contributed by atoms with Crippen molar-refractivity contribution in [3.05, 3.63) is 29.8 Å². The van der Waals surface area contributed by atoms with Crippen LogP contribution in [0.15, 0.2) is 24.3 Å². The molecule has 1 aromatic carbocycles. The molecule has 0 radical (unpaired) electrons. The number of phenols is 1. The van der Waals surface area contributed by atoms with Gasteiger partial charge in [-0.05, 0) is 24.1 Å². The number of amides is 1. The summed E-state index contributed by atoms with van der Waals surface area (Å²) in [7, 11) is 0. The first-order chi connectivity index (χ1) is 9.61. The number of hydrogen-bond acceptors (Lipinski definition) is 5. The molecule has 6 nitrogen and oxygen atoms in total. The molecule has 0 spiro atoms. The Morgan fingerprint density at radius 1 is 1.45 bits per heavy atom. The Balaban J connectivity index is 1.98. The summed E-state index contributed by atoms with van der Waals surface area (Å²) in [6.07, 6.45) is 0.397. The summed E-state index contributed by atoms with van der Waals surface area (Å²) in [6, 6.07) is 5.64. The van der Waals surface area contributed by atoms with Gasteiger partial charge in [-0.15, -0.1) is 0 Å². The minimum Gasteiger partial charge on any atom is -0.508 e. The van der Waals surface area contributed by atoms with Gasteiger partial charge in [0.1, 0.15) is 5.75 Å². The number of aliphatic hydroxyl groups is 1. The summed E-state index contributed by atoms with van der Waals surface area (Å²) in [5.74, 6) is 0.00240. The first-order valence-electron chi connectivity index (χ1n) is 6.64. The highest BCUT2D eigenvalue weighted by Gasteiger charge is 2.29. The van der Waals surface area contributed by atoms with Crippen molar-refractivity contribution in [2.45, 2.75) is 18.5 Å². The molecule has 110 valence electrons. The zero-order valence-electron chi connectivity index (χ0n) is 11.2. The first kappa shape index (κ1) is 14.8. The number of rotatable bonds is 4. The number of nitrogens with zero attached hydrogens (tertiary/aromatic N) is 1. The third kappa shape index (κ3) is 3.47. The van der Waals surface area contributed by atoms with Crippen LogP contribution in [0, 0.1) is 0 Å². The number of aromatic hydroxyl groups is 1. The van der Waals surface area contributed by atoms with E-state index in [1.807, 2.05) is 0 Å². The summed E-state index contributed by atoms with van der Waals surface area (Å²) < 4.78 is 5.24. The van der Waals surface area contributed by atoms with Crippen LogP contribution in [0.2, 0.25) is 0 Å². The van der Waals surface area contributed by atoms with Crippen molar-refractivity contribution in [1.29, 1.82) is 0 Å². The van der Waals surface area contributed by atoms with Crippen LogP contribution in [0.5, 0.6) is 5.75 Å². The molecule has 20 heavy (non-hydrogen) atoms. The first-order valence-corrected chi connectivity index (χ1v) is 6.64. The lowest BCUT2D eigenvalue weighted by atomic mass is 10.0. The number of benzene rings is 1. The van der Waals surface area contributed by atoms with Gasteiger partial charge in [0.05, 0.1) is 31.9 Å². The maximum atomic E-state index is 12.3. The van der Waals surface area contributed by atoms with E-state index < -0.39 is 6.04 Å². The van der Waals surface area contributed by atoms with Gasteiger partial charge in [0.25, 0.3) is 0 Å². The molecule has 1 unspecified atom stereocenters. The van der Waals surface area contributed by atoms with Gasteiger partial charge < -0.3 is 25.6 Å². The lowest BCUT2D eigenvalue weighted by Gasteiger charge is -2.36. The van der Waals surface area contributed by atoms with Gasteiger partial charge in [0, 0.05) is 6.54 Å². The van der Waals surface area contributed by atoms with E-state index in [0.717, 1.165) is 5.56 Å². The lowest BCUT2D eigenvalue weighted by Crippen LogP contribution is -2.55. The van der Waals surface area contributed by atoms with Crippen LogP contribution >= 0.6 is 0 Å². The van der Waals surface area contributed by atoms with Gasteiger partial charge in [-0.25, -0.2) is 0 Å². The predicted molar refractivity (Wildman–Crippen MR) is 73.2 cm³/mol. The highest BCUT2D eigenvalue weighted by molar-refractivity contribution is 5.82. The molecule has 0 bridgehead atoms. The van der Waals surface area contributed by atoms with E-state index in [1.54, 1.807) is 29.2 Å². The van der Waals surface area contributed by atoms with Crippen molar-refractivity contribution >= 4 is 5.91 Å². The average molecular weight is 280 g/mol. The zero-order chi connectivity index (χ0) is 14.5. The number of morpholine rings is 1. The van der Waals surface area contributed by atoms with Gasteiger partial charge in [-0.3, -0.25) is 4.79 Å². The fourth-order valence-corrected chi connectivity index (χ4v) is 2.28. The summed E-state index contributed by atoms with van der Waals surface area (Å²) in [5, 5.41) is 18.5. The summed E-state index contributed by atoms with van der Waals surface area (Å²) in [4.78, 5) is 13.9. The zero-order valence-corrected chi connectivity index (χ0v) is 11.2. The minimum atomic E-state index is -0.660. The topological polar surface area (TPSA) is 96.0 Å². The second-order valence-electron chi connectivity index (χ2n) is 4.92. The van der Waals surface area contributed by atoms with Crippen LogP contribution in [0.1, 0.15) is 5.56 Å². The minimum absolute atomic E-state index is 0.127. The Morgan fingerprint density at radius 3 is 2.80 bits per heavy atom. The van der Waals surface area contributed by atoms with E-state index in [2.05, 4.69) is 0 Å². The second kappa shape index (κ2) is 6.69. The van der Waals surface area contributed by atoms with E-state index in [0.29, 0.717) is 26.2 Å². The van der Waals surface area contributed by atoms with Crippen molar-refractivity contribution in [3.63, 3.8) is 0 Å². The molecule has 1 saturated heterocycles. The SMILES string of the molecule is N[C@H](Cc1ccc(O)cc1)C(=O)N1CCOCC1CO. The highest BCUT2D eigenvalue weighted by atomic mass is 16.5. The standard InChI is InChI=1S/C14H20N2O4/c15-13(7-10-1-3-12(18)4-2-10)14(19)16-5-6-20-9-11(16)8-17/h1-4,11,13,17-18H,5-9,15H2/t11?,13-/m1/s1. The van der Waals surface area contributed by atoms with Crippen LogP contribution in [0.3, 0.4) is 0 Å². The number of nitrogens with two attached hydrogens (primary N) is 1. The normalized spacial score (nSPS) is 20.7. The van der Waals surface area contributed by atoms with Crippen molar-refractivity contribution in [1.82, 2.24) is 4.90 Å². The monoisotopic (exact) mass is 280 g/mol. The van der Waals surface area contributed by atoms with E-state index in [1.165, 1.54) is 0 Å². The Hall–Kier alpha value is -1.63. The molecule has 1 aromatic rings. The smallest absolute Gasteiger partial charge is 0.240 e. The molecule has 4 N–H and O–H groups in total. The highest BCUT2D eigenvalue weighted by Crippen LogP contribution is 2.13. The maximum absolute atomic E-state index is 12.3. The number of carbonyl (C=O) groups excluding carboxylic acids is 1. The van der Waals surface area contributed by atoms with Crippen LogP contribution in [-0.4, -0.2) is 59.5 Å². The third-order valence-electron chi connectivity index (χ3n) is 3.43. The largest absolute Gasteiger partial charge is 0.508 e. The van der Waals surface area contributed by atoms with Gasteiger partial charge in [-0.2, -0.15) is 0 Å². The third-order valence-corrected chi connectivity index (χ3v) is 3.43. The molecular formula is C14H20N2O4. The molecule has 0 aromatic heterocycles. The number of carbonyl (C=O) groups is 1. The van der Waals surface area contributed by atoms with Crippen molar-refractivity contribution in [2.75, 3.05) is 26.4 Å². The maximum Gasteiger partial charge on any atom is 0.240 e. The van der Waals surface area contributed by atoms with Gasteiger partial charge in [-0.1, -0.05) is 12.1 Å². The molecular weight excluding hydrogens is 260 g/mol. The molecule has 6 heteroatoms. The van der Waals surface area contributed by atoms with E-state index in [9.17, 15) is 15.0 Å². The lowest BCUT2D eigenvalue weighted by molar-refractivity contribution is -0.143. The van der Waals surface area contributed by atoms with E-state index in [4.69, 9.17) is 10.5 Å². The fraction of sp³-hybridized carbons (Fsp3) is 0.500. The Morgan fingerprint density at radius 2 is 2.15 bits per heavy atom. The van der Waals surface area contributed by atoms with Crippen LogP contribution in [0.4, 0.5) is 0 Å². The molecule has 1 heterocycles. The van der Waals surface area contributed by atoms with Crippen molar-refractivity contribution < 1.29 is 19.7 Å². The summed E-state index contributed by atoms with van der Waals surface area (Å²) in [5.41, 5.74) is 6.85. The van der Waals surface area contributed by atoms with Crippen molar-refractivity contribution in [2.24, 2.45) is 5.73 Å². The average Bonchev–Trinajstić information content (AvgIpc) is 2.48. The molecule has 1 aliphatic rings. The molecule has 1 amide bonds. The van der Waals surface area contributed by atoms with Gasteiger partial charge in [0.2, 0.25) is 5.91 Å². The van der Waals surface area contributed by atoms with E-state index in [-0.39, 0.29) is 24.3 Å². The Bertz CT molecular complexity index is 449. The molecule has 2 atom stereocenters. The summed E-state index contributed by atoms with van der Waals surface area (Å²) >= 11 is 0. The quantitative estimate of drug-likeness (QED) is 0.690. The molecule has 1 fully saturated rings. The Kier molecular flexibility index (Phi) is 4.94. The van der Waals surface area contributed by atoms with Gasteiger partial charge >= 0.3 is 0 Å². The van der Waals surface area contributed by atoms with Crippen LogP contribution in [0.25, 0.3) is 0 Å². The van der Waals surface area contributed by atoms with Crippen LogP contribution < -0.4 is 5.73 Å². The van der Waals surface area contributed by atoms with Crippen LogP contribution in [-0.2, 0) is 16.0 Å². The molecule has 0 aliphatic carbocycles. The fourth-order valence-electron chi connectivity index (χ4n) is 2.28. The second-order valence-corrected chi connectivity index (χ2v) is 4.92. The van der Waals surface area contributed by atoms with Gasteiger partial charge in [0.15, 0.2) is 0 Å². The number of aliphatic hydroxyl groups excluding tert-OH is 1. The number of ether oxygens (including phenoxy) is 1. The number of phenolic OH excluding ortho intramolecular Hbond substituents is 1. The molecule has 0 saturated carbocycles. The summed E-state index contributed by atoms with van der Waals surface area (Å²) in [6.45, 7) is 1.13. The van der Waals surface area contributed by atoms with Crippen molar-refractivity contribution in [3.8, 4) is 5.75 Å².